The van der Waals surface area contributed by atoms with Crippen molar-refractivity contribution in [3.8, 4) is 0 Å². The number of para-hydroxylation sites is 1. The smallest absolute Gasteiger partial charge is 0.325 e. The van der Waals surface area contributed by atoms with Crippen molar-refractivity contribution in [1.29, 1.82) is 0 Å². The van der Waals surface area contributed by atoms with Crippen LogP contribution in [0.2, 0.25) is 0 Å². The van der Waals surface area contributed by atoms with Gasteiger partial charge in [-0.3, -0.25) is 9.36 Å². The van der Waals surface area contributed by atoms with Gasteiger partial charge in [-0.15, -0.1) is 0 Å². The summed E-state index contributed by atoms with van der Waals surface area (Å²) in [5, 5.41) is 2.69. The first-order valence-corrected chi connectivity index (χ1v) is 5.12. The summed E-state index contributed by atoms with van der Waals surface area (Å²) >= 11 is 0. The van der Waals surface area contributed by atoms with E-state index in [2.05, 4.69) is 10.3 Å². The van der Waals surface area contributed by atoms with Crippen LogP contribution in [0.5, 0.6) is 0 Å². The quantitative estimate of drug-likeness (QED) is 0.849. The molecule has 0 aliphatic rings. The van der Waals surface area contributed by atoms with E-state index in [9.17, 15) is 9.59 Å². The molecule has 1 amide bonds. The van der Waals surface area contributed by atoms with Crippen LogP contribution in [0.15, 0.2) is 53.6 Å². The molecule has 0 spiro atoms. The minimum atomic E-state index is -0.435. The summed E-state index contributed by atoms with van der Waals surface area (Å²) in [4.78, 5) is 26.5. The lowest BCUT2D eigenvalue weighted by Gasteiger charge is -2.06. The average molecular weight is 229 g/mol. The van der Waals surface area contributed by atoms with Gasteiger partial charge in [-0.25, -0.2) is 9.78 Å². The lowest BCUT2D eigenvalue weighted by Crippen LogP contribution is -2.28. The molecule has 2 rings (SSSR count). The highest BCUT2D eigenvalue weighted by Gasteiger charge is 2.04. The Morgan fingerprint density at radius 2 is 2.00 bits per heavy atom. The number of benzene rings is 1. The van der Waals surface area contributed by atoms with Crippen molar-refractivity contribution in [2.45, 2.75) is 6.54 Å². The molecule has 1 aromatic heterocycles. The van der Waals surface area contributed by atoms with E-state index in [1.807, 2.05) is 18.2 Å². The Bertz CT molecular complexity index is 563. The molecule has 1 heterocycles. The first kappa shape index (κ1) is 11.1. The Kier molecular flexibility index (Phi) is 3.30. The van der Waals surface area contributed by atoms with E-state index in [1.54, 1.807) is 18.2 Å². The van der Waals surface area contributed by atoms with Crippen LogP contribution in [0.25, 0.3) is 0 Å². The molecule has 0 saturated heterocycles. The van der Waals surface area contributed by atoms with E-state index in [0.29, 0.717) is 5.69 Å². The molecule has 17 heavy (non-hydrogen) atoms. The monoisotopic (exact) mass is 229 g/mol. The number of anilines is 1. The second kappa shape index (κ2) is 5.07. The minimum Gasteiger partial charge on any atom is -0.325 e. The van der Waals surface area contributed by atoms with Crippen molar-refractivity contribution < 1.29 is 4.79 Å². The van der Waals surface area contributed by atoms with Crippen LogP contribution in [0.3, 0.4) is 0 Å². The van der Waals surface area contributed by atoms with Crippen molar-refractivity contribution in [3.05, 3.63) is 59.3 Å². The maximum atomic E-state index is 11.6. The van der Waals surface area contributed by atoms with Crippen molar-refractivity contribution in [3.63, 3.8) is 0 Å². The molecule has 0 aliphatic carbocycles. The number of aromatic nitrogens is 2. The van der Waals surface area contributed by atoms with Gasteiger partial charge in [0.1, 0.15) is 6.54 Å². The van der Waals surface area contributed by atoms with Gasteiger partial charge in [0.2, 0.25) is 5.91 Å². The van der Waals surface area contributed by atoms with E-state index in [0.717, 1.165) is 0 Å². The summed E-state index contributed by atoms with van der Waals surface area (Å²) in [6, 6.07) is 10.7. The molecular weight excluding hydrogens is 218 g/mol. The third-order valence-electron chi connectivity index (χ3n) is 2.15. The number of rotatable bonds is 3. The van der Waals surface area contributed by atoms with E-state index in [-0.39, 0.29) is 12.5 Å². The number of carbonyl (C=O) groups excluding carboxylic acids is 1. The lowest BCUT2D eigenvalue weighted by molar-refractivity contribution is -0.116. The van der Waals surface area contributed by atoms with Gasteiger partial charge in [-0.1, -0.05) is 18.2 Å². The van der Waals surface area contributed by atoms with Crippen LogP contribution >= 0.6 is 0 Å². The number of hydrogen-bond donors (Lipinski definition) is 1. The molecule has 0 bridgehead atoms. The molecule has 1 N–H and O–H groups in total. The fourth-order valence-electron chi connectivity index (χ4n) is 1.38. The molecule has 0 unspecified atom stereocenters. The average Bonchev–Trinajstić information content (AvgIpc) is 2.33. The Morgan fingerprint density at radius 1 is 1.24 bits per heavy atom. The Labute approximate surface area is 97.7 Å². The van der Waals surface area contributed by atoms with Crippen LogP contribution in [0.1, 0.15) is 0 Å². The molecule has 0 atom stereocenters. The third-order valence-corrected chi connectivity index (χ3v) is 2.15. The Hall–Kier alpha value is -2.43. The van der Waals surface area contributed by atoms with Crippen LogP contribution < -0.4 is 11.0 Å². The van der Waals surface area contributed by atoms with Gasteiger partial charge < -0.3 is 5.32 Å². The second-order valence-electron chi connectivity index (χ2n) is 3.44. The molecule has 5 nitrogen and oxygen atoms in total. The van der Waals surface area contributed by atoms with Gasteiger partial charge in [-0.2, -0.15) is 0 Å². The zero-order chi connectivity index (χ0) is 12.1. The summed E-state index contributed by atoms with van der Waals surface area (Å²) in [5.74, 6) is -0.258. The maximum absolute atomic E-state index is 11.6. The van der Waals surface area contributed by atoms with E-state index >= 15 is 0 Å². The minimum absolute atomic E-state index is 0.0401. The van der Waals surface area contributed by atoms with Crippen molar-refractivity contribution in [1.82, 2.24) is 9.55 Å². The second-order valence-corrected chi connectivity index (χ2v) is 3.44. The zero-order valence-corrected chi connectivity index (χ0v) is 9.04. The van der Waals surface area contributed by atoms with Crippen LogP contribution in [-0.4, -0.2) is 15.5 Å². The van der Waals surface area contributed by atoms with Gasteiger partial charge in [0.05, 0.1) is 0 Å². The summed E-state index contributed by atoms with van der Waals surface area (Å²) in [6.07, 6.45) is 2.92. The number of carbonyl (C=O) groups is 1. The largest absolute Gasteiger partial charge is 0.347 e. The van der Waals surface area contributed by atoms with Crippen molar-refractivity contribution in [2.24, 2.45) is 0 Å². The van der Waals surface area contributed by atoms with Crippen molar-refractivity contribution >= 4 is 11.6 Å². The highest BCUT2D eigenvalue weighted by Crippen LogP contribution is 2.04. The van der Waals surface area contributed by atoms with Crippen molar-refractivity contribution in [2.75, 3.05) is 5.32 Å². The summed E-state index contributed by atoms with van der Waals surface area (Å²) in [7, 11) is 0. The molecule has 0 fully saturated rings. The van der Waals surface area contributed by atoms with Gasteiger partial charge in [0.25, 0.3) is 0 Å². The zero-order valence-electron chi connectivity index (χ0n) is 9.04. The highest BCUT2D eigenvalue weighted by molar-refractivity contribution is 5.90. The highest BCUT2D eigenvalue weighted by atomic mass is 16.2. The first-order valence-electron chi connectivity index (χ1n) is 5.12. The first-order chi connectivity index (χ1) is 8.25. The fraction of sp³-hybridized carbons (Fsp3) is 0.0833. The van der Waals surface area contributed by atoms with E-state index < -0.39 is 5.69 Å². The Morgan fingerprint density at radius 3 is 2.71 bits per heavy atom. The molecule has 0 radical (unpaired) electrons. The predicted molar refractivity (Wildman–Crippen MR) is 63.6 cm³/mol. The number of nitrogens with zero attached hydrogens (tertiary/aromatic N) is 2. The van der Waals surface area contributed by atoms with Crippen LogP contribution in [0.4, 0.5) is 5.69 Å². The third kappa shape index (κ3) is 3.01. The fourth-order valence-corrected chi connectivity index (χ4v) is 1.38. The van der Waals surface area contributed by atoms with E-state index in [4.69, 9.17) is 0 Å². The molecule has 0 aliphatic heterocycles. The normalized spacial score (nSPS) is 9.88. The number of hydrogen-bond acceptors (Lipinski definition) is 3. The molecule has 1 aromatic carbocycles. The van der Waals surface area contributed by atoms with Gasteiger partial charge in [-0.05, 0) is 18.2 Å². The number of nitrogens with one attached hydrogen (secondary N) is 1. The predicted octanol–water partition coefficient (Wildman–Crippen LogP) is 0.882. The van der Waals surface area contributed by atoms with E-state index in [1.165, 1.54) is 17.0 Å². The van der Waals surface area contributed by atoms with Crippen LogP contribution in [-0.2, 0) is 11.3 Å². The van der Waals surface area contributed by atoms with Gasteiger partial charge >= 0.3 is 5.69 Å². The maximum Gasteiger partial charge on any atom is 0.347 e. The summed E-state index contributed by atoms with van der Waals surface area (Å²) in [5.41, 5.74) is 0.269. The molecule has 86 valence electrons. The molecule has 0 saturated carbocycles. The van der Waals surface area contributed by atoms with Crippen LogP contribution in [0, 0.1) is 0 Å². The molecule has 2 aromatic rings. The Balaban J connectivity index is 2.04. The lowest BCUT2D eigenvalue weighted by atomic mass is 10.3. The molecular formula is C12H11N3O2. The SMILES string of the molecule is O=C(Cn1cccnc1=O)Nc1ccccc1. The summed E-state index contributed by atoms with van der Waals surface area (Å²) in [6.45, 7) is -0.0401. The van der Waals surface area contributed by atoms with Gasteiger partial charge in [0, 0.05) is 18.1 Å². The van der Waals surface area contributed by atoms with Gasteiger partial charge in [0.15, 0.2) is 0 Å². The standard InChI is InChI=1S/C12H11N3O2/c16-11(14-10-5-2-1-3-6-10)9-15-8-4-7-13-12(15)17/h1-8H,9H2,(H,14,16). The number of amides is 1. The topological polar surface area (TPSA) is 64.0 Å². The summed E-state index contributed by atoms with van der Waals surface area (Å²) < 4.78 is 1.25. The molecule has 5 heteroatoms.